The van der Waals surface area contributed by atoms with Gasteiger partial charge >= 0.3 is 0 Å². The summed E-state index contributed by atoms with van der Waals surface area (Å²) >= 11 is 0. The molecule has 1 aliphatic carbocycles. The minimum absolute atomic E-state index is 0.183. The molecule has 26 heavy (non-hydrogen) atoms. The average Bonchev–Trinajstić information content (AvgIpc) is 2.60. The van der Waals surface area contributed by atoms with Crippen molar-refractivity contribution < 1.29 is 8.78 Å². The summed E-state index contributed by atoms with van der Waals surface area (Å²) < 4.78 is 28.6. The van der Waals surface area contributed by atoms with Crippen LogP contribution in [0.3, 0.4) is 0 Å². The molecule has 4 rings (SSSR count). The molecule has 0 saturated heterocycles. The van der Waals surface area contributed by atoms with Gasteiger partial charge in [0.05, 0.1) is 12.0 Å². The molecule has 1 aromatic carbocycles. The number of pyridine rings is 1. The number of allylic oxidation sites excluding steroid dienone is 4. The number of nitrogens with one attached hydrogen (secondary N) is 1. The molecule has 0 amide bonds. The molecular weight excluding hydrogens is 334 g/mol. The maximum absolute atomic E-state index is 15.1. The van der Waals surface area contributed by atoms with E-state index >= 15 is 4.39 Å². The van der Waals surface area contributed by atoms with Gasteiger partial charge in [-0.2, -0.15) is 0 Å². The number of hydrogen-bond acceptors (Lipinski definition) is 3. The van der Waals surface area contributed by atoms with E-state index in [4.69, 9.17) is 11.1 Å². The lowest BCUT2D eigenvalue weighted by molar-refractivity contribution is 0.293. The van der Waals surface area contributed by atoms with Gasteiger partial charge in [-0.05, 0) is 48.4 Å². The lowest BCUT2D eigenvalue weighted by Gasteiger charge is -2.40. The smallest absolute Gasteiger partial charge is 0.131 e. The lowest BCUT2D eigenvalue weighted by atomic mass is 9.84. The standard InChI is InChI=1S/C20H20F2N4/c1-11(23)26-19-8-18(22)16(7-12(19)2-5-20(26)24)17-10-25-9-13-6-14(21)3-4-15(13)17/h3-4,6-7,9-10,18,20,23H,2,5,8,24H2,1H3. The summed E-state index contributed by atoms with van der Waals surface area (Å²) in [5.74, 6) is -0.00899. The Morgan fingerprint density at radius 1 is 1.35 bits per heavy atom. The monoisotopic (exact) mass is 354 g/mol. The molecule has 0 radical (unpaired) electrons. The molecule has 2 aliphatic rings. The van der Waals surface area contributed by atoms with Crippen LogP contribution in [0.5, 0.6) is 0 Å². The first-order valence-electron chi connectivity index (χ1n) is 8.67. The molecule has 3 N–H and O–H groups in total. The summed E-state index contributed by atoms with van der Waals surface area (Å²) in [7, 11) is 0. The van der Waals surface area contributed by atoms with Crippen LogP contribution in [0.1, 0.15) is 31.7 Å². The van der Waals surface area contributed by atoms with Gasteiger partial charge in [0.15, 0.2) is 0 Å². The molecule has 4 nitrogen and oxygen atoms in total. The zero-order chi connectivity index (χ0) is 18.4. The normalized spacial score (nSPS) is 23.1. The topological polar surface area (TPSA) is 66.0 Å². The van der Waals surface area contributed by atoms with Gasteiger partial charge in [0, 0.05) is 35.5 Å². The Kier molecular flexibility index (Phi) is 4.07. The Bertz CT molecular complexity index is 963. The number of amidine groups is 1. The van der Waals surface area contributed by atoms with Crippen LogP contribution < -0.4 is 5.73 Å². The van der Waals surface area contributed by atoms with Crippen molar-refractivity contribution in [1.82, 2.24) is 9.88 Å². The SMILES string of the molecule is CC(=N)N1C2=C(C=C(c3cncc4cc(F)ccc34)C(F)C2)CCC1N. The van der Waals surface area contributed by atoms with Crippen LogP contribution >= 0.6 is 0 Å². The molecule has 6 heteroatoms. The Morgan fingerprint density at radius 2 is 2.15 bits per heavy atom. The summed E-state index contributed by atoms with van der Waals surface area (Å²) in [5.41, 5.74) is 9.19. The number of nitrogens with zero attached hydrogens (tertiary/aromatic N) is 2. The Balaban J connectivity index is 1.85. The zero-order valence-electron chi connectivity index (χ0n) is 14.5. The van der Waals surface area contributed by atoms with Gasteiger partial charge in [-0.3, -0.25) is 10.4 Å². The fourth-order valence-electron chi connectivity index (χ4n) is 3.95. The van der Waals surface area contributed by atoms with Crippen LogP contribution in [0.15, 0.2) is 47.9 Å². The van der Waals surface area contributed by atoms with E-state index in [1.165, 1.54) is 12.1 Å². The number of aromatic nitrogens is 1. The van der Waals surface area contributed by atoms with E-state index in [-0.39, 0.29) is 18.4 Å². The van der Waals surface area contributed by atoms with Crippen molar-refractivity contribution >= 4 is 22.2 Å². The van der Waals surface area contributed by atoms with Crippen molar-refractivity contribution in [1.29, 1.82) is 5.41 Å². The Morgan fingerprint density at radius 3 is 2.92 bits per heavy atom. The van der Waals surface area contributed by atoms with Gasteiger partial charge in [-0.25, -0.2) is 8.78 Å². The first-order valence-corrected chi connectivity index (χ1v) is 8.67. The second-order valence-corrected chi connectivity index (χ2v) is 6.86. The highest BCUT2D eigenvalue weighted by molar-refractivity contribution is 5.95. The maximum atomic E-state index is 15.1. The van der Waals surface area contributed by atoms with Crippen LogP contribution in [0.25, 0.3) is 16.3 Å². The second-order valence-electron chi connectivity index (χ2n) is 6.86. The third-order valence-electron chi connectivity index (χ3n) is 5.14. The molecule has 1 aromatic heterocycles. The number of benzene rings is 1. The van der Waals surface area contributed by atoms with E-state index < -0.39 is 6.17 Å². The number of nitrogens with two attached hydrogens (primary N) is 1. The predicted molar refractivity (Wildman–Crippen MR) is 98.7 cm³/mol. The van der Waals surface area contributed by atoms with E-state index in [1.807, 2.05) is 6.08 Å². The van der Waals surface area contributed by atoms with Crippen molar-refractivity contribution in [2.24, 2.45) is 5.73 Å². The molecule has 0 spiro atoms. The summed E-state index contributed by atoms with van der Waals surface area (Å²) in [6, 6.07) is 4.46. The van der Waals surface area contributed by atoms with Gasteiger partial charge in [-0.1, -0.05) is 12.1 Å². The van der Waals surface area contributed by atoms with E-state index in [2.05, 4.69) is 4.98 Å². The van der Waals surface area contributed by atoms with Gasteiger partial charge in [0.2, 0.25) is 0 Å². The molecule has 2 heterocycles. The molecule has 2 atom stereocenters. The molecule has 2 unspecified atom stereocenters. The maximum Gasteiger partial charge on any atom is 0.131 e. The minimum atomic E-state index is -1.22. The summed E-state index contributed by atoms with van der Waals surface area (Å²) in [4.78, 5) is 5.90. The van der Waals surface area contributed by atoms with Crippen LogP contribution in [-0.4, -0.2) is 28.1 Å². The molecular formula is C20H20F2N4. The van der Waals surface area contributed by atoms with E-state index in [0.29, 0.717) is 22.4 Å². The van der Waals surface area contributed by atoms with Gasteiger partial charge in [0.1, 0.15) is 12.0 Å². The summed E-state index contributed by atoms with van der Waals surface area (Å²) in [5, 5.41) is 9.41. The Labute approximate surface area is 150 Å². The number of rotatable bonds is 1. The van der Waals surface area contributed by atoms with E-state index in [0.717, 1.165) is 29.5 Å². The largest absolute Gasteiger partial charge is 0.318 e. The predicted octanol–water partition coefficient (Wildman–Crippen LogP) is 4.13. The molecule has 134 valence electrons. The van der Waals surface area contributed by atoms with Crippen molar-refractivity contribution in [2.75, 3.05) is 0 Å². The highest BCUT2D eigenvalue weighted by Crippen LogP contribution is 2.40. The molecule has 2 aromatic rings. The number of alkyl halides is 1. The molecule has 0 bridgehead atoms. The van der Waals surface area contributed by atoms with E-state index in [1.54, 1.807) is 30.3 Å². The van der Waals surface area contributed by atoms with Crippen LogP contribution in [0, 0.1) is 11.2 Å². The van der Waals surface area contributed by atoms with Crippen molar-refractivity contribution in [3.63, 3.8) is 0 Å². The highest BCUT2D eigenvalue weighted by Gasteiger charge is 2.33. The minimum Gasteiger partial charge on any atom is -0.318 e. The third kappa shape index (κ3) is 2.70. The first kappa shape index (κ1) is 16.8. The second kappa shape index (κ2) is 6.29. The third-order valence-corrected chi connectivity index (χ3v) is 5.14. The van der Waals surface area contributed by atoms with Crippen molar-refractivity contribution in [2.45, 2.75) is 38.5 Å². The zero-order valence-corrected chi connectivity index (χ0v) is 14.5. The fourth-order valence-corrected chi connectivity index (χ4v) is 3.95. The molecule has 0 saturated carbocycles. The molecule has 1 aliphatic heterocycles. The number of fused-ring (bicyclic) bond motifs is 1. The molecule has 0 fully saturated rings. The van der Waals surface area contributed by atoms with Crippen LogP contribution in [0.2, 0.25) is 0 Å². The van der Waals surface area contributed by atoms with Crippen molar-refractivity contribution in [3.05, 3.63) is 59.3 Å². The van der Waals surface area contributed by atoms with Gasteiger partial charge < -0.3 is 10.6 Å². The first-order chi connectivity index (χ1) is 12.5. The van der Waals surface area contributed by atoms with Gasteiger partial charge in [-0.15, -0.1) is 0 Å². The lowest BCUT2D eigenvalue weighted by Crippen LogP contribution is -2.47. The van der Waals surface area contributed by atoms with Crippen molar-refractivity contribution in [3.8, 4) is 0 Å². The van der Waals surface area contributed by atoms with E-state index in [9.17, 15) is 4.39 Å². The Hall–Kier alpha value is -2.60. The number of hydrogen-bond donors (Lipinski definition) is 2. The fraction of sp³-hybridized carbons (Fsp3) is 0.300. The number of halogens is 2. The highest BCUT2D eigenvalue weighted by atomic mass is 19.1. The van der Waals surface area contributed by atoms with Gasteiger partial charge in [0.25, 0.3) is 0 Å². The van der Waals surface area contributed by atoms with Crippen LogP contribution in [0.4, 0.5) is 8.78 Å². The quantitative estimate of drug-likeness (QED) is 0.598. The summed E-state index contributed by atoms with van der Waals surface area (Å²) in [6.45, 7) is 1.67. The summed E-state index contributed by atoms with van der Waals surface area (Å²) in [6.07, 6.45) is 5.24. The van der Waals surface area contributed by atoms with Crippen LogP contribution in [-0.2, 0) is 0 Å². The average molecular weight is 354 g/mol.